The van der Waals surface area contributed by atoms with Gasteiger partial charge in [-0.15, -0.1) is 0 Å². The highest BCUT2D eigenvalue weighted by Crippen LogP contribution is 2.14. The Balaban J connectivity index is 1.54. The van der Waals surface area contributed by atoms with Crippen LogP contribution in [0.15, 0.2) is 42.6 Å². The molecule has 0 spiro atoms. The molecule has 0 radical (unpaired) electrons. The van der Waals surface area contributed by atoms with Gasteiger partial charge >= 0.3 is 0 Å². The Labute approximate surface area is 154 Å². The molecule has 2 heterocycles. The van der Waals surface area contributed by atoms with Crippen LogP contribution in [0.3, 0.4) is 0 Å². The first-order valence-corrected chi connectivity index (χ1v) is 8.71. The number of amides is 1. The van der Waals surface area contributed by atoms with Crippen LogP contribution in [0.4, 0.5) is 5.82 Å². The molecule has 0 atom stereocenters. The highest BCUT2D eigenvalue weighted by molar-refractivity contribution is 5.94. The number of hydrogen-bond donors (Lipinski definition) is 0. The van der Waals surface area contributed by atoms with Gasteiger partial charge in [-0.3, -0.25) is 9.69 Å². The Morgan fingerprint density at radius 2 is 1.81 bits per heavy atom. The van der Waals surface area contributed by atoms with E-state index in [1.54, 1.807) is 6.20 Å². The van der Waals surface area contributed by atoms with Crippen molar-refractivity contribution < 1.29 is 4.79 Å². The Kier molecular flexibility index (Phi) is 5.49. The number of rotatable bonds is 4. The maximum absolute atomic E-state index is 12.6. The predicted molar refractivity (Wildman–Crippen MR) is 101 cm³/mol. The SMILES string of the molecule is CN(C)c1ccc(C(=O)N2CCN(Cc3ccc(C#N)cc3)CC2)cn1. The largest absolute Gasteiger partial charge is 0.363 e. The van der Waals surface area contributed by atoms with Crippen molar-refractivity contribution in [2.45, 2.75) is 6.54 Å². The fourth-order valence-electron chi connectivity index (χ4n) is 3.01. The average molecular weight is 349 g/mol. The van der Waals surface area contributed by atoms with Crippen LogP contribution < -0.4 is 4.90 Å². The van der Waals surface area contributed by atoms with Crippen molar-refractivity contribution in [2.75, 3.05) is 45.2 Å². The molecular formula is C20H23N5O. The van der Waals surface area contributed by atoms with Gasteiger partial charge in [0.2, 0.25) is 0 Å². The normalized spacial score (nSPS) is 14.7. The van der Waals surface area contributed by atoms with E-state index >= 15 is 0 Å². The fraction of sp³-hybridized carbons (Fsp3) is 0.350. The lowest BCUT2D eigenvalue weighted by atomic mass is 10.1. The number of pyridine rings is 1. The zero-order valence-electron chi connectivity index (χ0n) is 15.2. The summed E-state index contributed by atoms with van der Waals surface area (Å²) < 4.78 is 0. The summed E-state index contributed by atoms with van der Waals surface area (Å²) in [6.07, 6.45) is 1.65. The topological polar surface area (TPSA) is 63.5 Å². The lowest BCUT2D eigenvalue weighted by Gasteiger charge is -2.34. The van der Waals surface area contributed by atoms with E-state index in [-0.39, 0.29) is 5.91 Å². The summed E-state index contributed by atoms with van der Waals surface area (Å²) in [6.45, 7) is 3.95. The first kappa shape index (κ1) is 17.9. The molecular weight excluding hydrogens is 326 g/mol. The van der Waals surface area contributed by atoms with Crippen LogP contribution >= 0.6 is 0 Å². The number of carbonyl (C=O) groups excluding carboxylic acids is 1. The van der Waals surface area contributed by atoms with Crippen LogP contribution in [0.5, 0.6) is 0 Å². The van der Waals surface area contributed by atoms with Gasteiger partial charge in [-0.2, -0.15) is 5.26 Å². The van der Waals surface area contributed by atoms with Gasteiger partial charge in [0.25, 0.3) is 5.91 Å². The number of benzene rings is 1. The second-order valence-corrected chi connectivity index (χ2v) is 6.68. The van der Waals surface area contributed by atoms with Crippen molar-refractivity contribution in [3.05, 3.63) is 59.3 Å². The highest BCUT2D eigenvalue weighted by atomic mass is 16.2. The van der Waals surface area contributed by atoms with E-state index < -0.39 is 0 Å². The molecule has 6 nitrogen and oxygen atoms in total. The summed E-state index contributed by atoms with van der Waals surface area (Å²) in [7, 11) is 3.85. The molecule has 6 heteroatoms. The van der Waals surface area contributed by atoms with Gasteiger partial charge < -0.3 is 9.80 Å². The van der Waals surface area contributed by atoms with Gasteiger partial charge in [0.15, 0.2) is 0 Å². The second kappa shape index (κ2) is 7.98. The maximum atomic E-state index is 12.6. The Bertz CT molecular complexity index is 784. The molecule has 0 saturated carbocycles. The molecule has 0 bridgehead atoms. The molecule has 0 N–H and O–H groups in total. The van der Waals surface area contributed by atoms with E-state index in [0.717, 1.165) is 25.5 Å². The molecule has 26 heavy (non-hydrogen) atoms. The Morgan fingerprint density at radius 3 is 2.35 bits per heavy atom. The molecule has 0 unspecified atom stereocenters. The zero-order valence-corrected chi connectivity index (χ0v) is 15.2. The van der Waals surface area contributed by atoms with Gasteiger partial charge in [0.05, 0.1) is 17.2 Å². The van der Waals surface area contributed by atoms with E-state index in [4.69, 9.17) is 5.26 Å². The summed E-state index contributed by atoms with van der Waals surface area (Å²) in [5, 5.41) is 8.86. The van der Waals surface area contributed by atoms with Crippen molar-refractivity contribution in [3.8, 4) is 6.07 Å². The molecule has 1 aromatic carbocycles. The van der Waals surface area contributed by atoms with Gasteiger partial charge in [0.1, 0.15) is 5.82 Å². The van der Waals surface area contributed by atoms with E-state index in [1.165, 1.54) is 5.56 Å². The summed E-state index contributed by atoms with van der Waals surface area (Å²) in [6, 6.07) is 13.5. The minimum absolute atomic E-state index is 0.0424. The molecule has 0 aliphatic carbocycles. The quantitative estimate of drug-likeness (QED) is 0.844. The molecule has 134 valence electrons. The number of aromatic nitrogens is 1. The van der Waals surface area contributed by atoms with E-state index in [2.05, 4.69) is 16.0 Å². The summed E-state index contributed by atoms with van der Waals surface area (Å²) in [5.74, 6) is 0.884. The number of hydrogen-bond acceptors (Lipinski definition) is 5. The summed E-state index contributed by atoms with van der Waals surface area (Å²) in [5.41, 5.74) is 2.50. The monoisotopic (exact) mass is 349 g/mol. The van der Waals surface area contributed by atoms with Gasteiger partial charge in [-0.25, -0.2) is 4.98 Å². The first-order valence-electron chi connectivity index (χ1n) is 8.71. The molecule has 1 fully saturated rings. The maximum Gasteiger partial charge on any atom is 0.255 e. The second-order valence-electron chi connectivity index (χ2n) is 6.68. The van der Waals surface area contributed by atoms with Crippen LogP contribution in [0.1, 0.15) is 21.5 Å². The molecule has 1 aromatic heterocycles. The van der Waals surface area contributed by atoms with Crippen molar-refractivity contribution in [1.82, 2.24) is 14.8 Å². The fourth-order valence-corrected chi connectivity index (χ4v) is 3.01. The summed E-state index contributed by atoms with van der Waals surface area (Å²) in [4.78, 5) is 23.1. The molecule has 1 saturated heterocycles. The minimum atomic E-state index is 0.0424. The van der Waals surface area contributed by atoms with Crippen molar-refractivity contribution in [3.63, 3.8) is 0 Å². The first-order chi connectivity index (χ1) is 12.6. The molecule has 1 amide bonds. The van der Waals surface area contributed by atoms with Gasteiger partial charge in [-0.05, 0) is 29.8 Å². The third-order valence-corrected chi connectivity index (χ3v) is 4.60. The predicted octanol–water partition coefficient (Wildman–Crippen LogP) is 1.98. The summed E-state index contributed by atoms with van der Waals surface area (Å²) >= 11 is 0. The molecule has 2 aromatic rings. The van der Waals surface area contributed by atoms with Crippen molar-refractivity contribution >= 4 is 11.7 Å². The van der Waals surface area contributed by atoms with Crippen LogP contribution in [0.25, 0.3) is 0 Å². The minimum Gasteiger partial charge on any atom is -0.363 e. The van der Waals surface area contributed by atoms with Crippen LogP contribution in [0.2, 0.25) is 0 Å². The number of piperazine rings is 1. The lowest BCUT2D eigenvalue weighted by molar-refractivity contribution is 0.0628. The molecule has 1 aliphatic heterocycles. The highest BCUT2D eigenvalue weighted by Gasteiger charge is 2.22. The van der Waals surface area contributed by atoms with E-state index in [1.807, 2.05) is 60.3 Å². The third-order valence-electron chi connectivity index (χ3n) is 4.60. The van der Waals surface area contributed by atoms with E-state index in [0.29, 0.717) is 24.2 Å². The number of nitriles is 1. The Hall–Kier alpha value is -2.91. The van der Waals surface area contributed by atoms with Crippen LogP contribution in [0, 0.1) is 11.3 Å². The standard InChI is InChI=1S/C20H23N5O/c1-23(2)19-8-7-18(14-22-19)20(26)25-11-9-24(10-12-25)15-17-5-3-16(13-21)4-6-17/h3-8,14H,9-12,15H2,1-2H3. The molecule has 1 aliphatic rings. The van der Waals surface area contributed by atoms with Crippen LogP contribution in [-0.4, -0.2) is 61.0 Å². The van der Waals surface area contributed by atoms with E-state index in [9.17, 15) is 4.79 Å². The number of carbonyl (C=O) groups is 1. The Morgan fingerprint density at radius 1 is 1.12 bits per heavy atom. The van der Waals surface area contributed by atoms with Crippen molar-refractivity contribution in [1.29, 1.82) is 5.26 Å². The van der Waals surface area contributed by atoms with Crippen molar-refractivity contribution in [2.24, 2.45) is 0 Å². The van der Waals surface area contributed by atoms with Crippen LogP contribution in [-0.2, 0) is 6.54 Å². The smallest absolute Gasteiger partial charge is 0.255 e. The third kappa shape index (κ3) is 4.19. The number of anilines is 1. The average Bonchev–Trinajstić information content (AvgIpc) is 2.69. The van der Waals surface area contributed by atoms with Gasteiger partial charge in [-0.1, -0.05) is 12.1 Å². The zero-order chi connectivity index (χ0) is 18.5. The lowest BCUT2D eigenvalue weighted by Crippen LogP contribution is -2.48. The number of nitrogens with zero attached hydrogens (tertiary/aromatic N) is 5. The molecule has 3 rings (SSSR count). The van der Waals surface area contributed by atoms with Gasteiger partial charge in [0, 0.05) is 53.0 Å².